The molecule has 1 saturated heterocycles. The highest BCUT2D eigenvalue weighted by atomic mass is 32.2. The zero-order valence-electron chi connectivity index (χ0n) is 17.5. The van der Waals surface area contributed by atoms with E-state index in [4.69, 9.17) is 9.51 Å². The quantitative estimate of drug-likeness (QED) is 0.623. The van der Waals surface area contributed by atoms with E-state index in [1.807, 2.05) is 32.0 Å². The number of hydrogen-bond acceptors (Lipinski definition) is 8. The van der Waals surface area contributed by atoms with Crippen LogP contribution in [-0.2, 0) is 10.0 Å². The Morgan fingerprint density at radius 2 is 1.70 bits per heavy atom. The summed E-state index contributed by atoms with van der Waals surface area (Å²) in [6.45, 7) is 8.97. The molecule has 0 amide bonds. The van der Waals surface area contributed by atoms with Crippen LogP contribution in [0, 0.1) is 27.7 Å². The van der Waals surface area contributed by atoms with Crippen molar-refractivity contribution in [3.63, 3.8) is 0 Å². The van der Waals surface area contributed by atoms with Gasteiger partial charge in [0, 0.05) is 43.6 Å². The summed E-state index contributed by atoms with van der Waals surface area (Å²) < 4.78 is 32.7. The third-order valence-electron chi connectivity index (χ3n) is 5.36. The zero-order chi connectivity index (χ0) is 21.5. The molecule has 10 heteroatoms. The van der Waals surface area contributed by atoms with E-state index in [0.717, 1.165) is 17.1 Å². The summed E-state index contributed by atoms with van der Waals surface area (Å²) in [5.74, 6) is 1.70. The monoisotopic (exact) mass is 428 g/mol. The number of rotatable bonds is 4. The van der Waals surface area contributed by atoms with Crippen molar-refractivity contribution in [1.82, 2.24) is 24.4 Å². The maximum atomic E-state index is 13.1. The third-order valence-corrected chi connectivity index (χ3v) is 7.51. The fraction of sp³-hybridized carbons (Fsp3) is 0.400. The molecule has 0 radical (unpaired) electrons. The summed E-state index contributed by atoms with van der Waals surface area (Å²) in [5, 5.41) is 3.79. The Morgan fingerprint density at radius 3 is 2.30 bits per heavy atom. The molecule has 0 saturated carbocycles. The first-order chi connectivity index (χ1) is 14.3. The van der Waals surface area contributed by atoms with Crippen molar-refractivity contribution in [2.24, 2.45) is 0 Å². The van der Waals surface area contributed by atoms with Crippen LogP contribution in [0.1, 0.15) is 22.7 Å². The van der Waals surface area contributed by atoms with Gasteiger partial charge in [0.2, 0.25) is 10.0 Å². The standard InChI is InChI=1S/C20H24N6O3S/c1-13-14(2)22-19(17-7-5-6-8-21-17)23-20(13)25-9-11-26(12-10-25)30(27,28)18-15(3)24-29-16(18)4/h5-8H,9-12H2,1-4H3. The highest BCUT2D eigenvalue weighted by Crippen LogP contribution is 2.27. The van der Waals surface area contributed by atoms with Crippen LogP contribution in [0.15, 0.2) is 33.8 Å². The summed E-state index contributed by atoms with van der Waals surface area (Å²) in [4.78, 5) is 16.0. The van der Waals surface area contributed by atoms with Gasteiger partial charge in [0.15, 0.2) is 11.6 Å². The molecule has 1 fully saturated rings. The van der Waals surface area contributed by atoms with Crippen molar-refractivity contribution in [2.45, 2.75) is 32.6 Å². The second-order valence-corrected chi connectivity index (χ2v) is 9.22. The van der Waals surface area contributed by atoms with Crippen LogP contribution < -0.4 is 4.90 Å². The lowest BCUT2D eigenvalue weighted by Gasteiger charge is -2.35. The Bertz CT molecular complexity index is 1150. The van der Waals surface area contributed by atoms with Crippen LogP contribution in [0.5, 0.6) is 0 Å². The van der Waals surface area contributed by atoms with Crippen LogP contribution in [0.2, 0.25) is 0 Å². The van der Waals surface area contributed by atoms with Gasteiger partial charge < -0.3 is 9.42 Å². The smallest absolute Gasteiger partial charge is 0.248 e. The largest absolute Gasteiger partial charge is 0.360 e. The Hall–Kier alpha value is -2.85. The lowest BCUT2D eigenvalue weighted by Crippen LogP contribution is -2.49. The van der Waals surface area contributed by atoms with Crippen molar-refractivity contribution < 1.29 is 12.9 Å². The van der Waals surface area contributed by atoms with Gasteiger partial charge in [0.1, 0.15) is 22.1 Å². The lowest BCUT2D eigenvalue weighted by molar-refractivity contribution is 0.377. The fourth-order valence-electron chi connectivity index (χ4n) is 3.64. The molecule has 1 aliphatic rings. The molecule has 1 aliphatic heterocycles. The van der Waals surface area contributed by atoms with Gasteiger partial charge in [-0.15, -0.1) is 0 Å². The number of anilines is 1. The number of aromatic nitrogens is 4. The van der Waals surface area contributed by atoms with E-state index in [-0.39, 0.29) is 4.90 Å². The number of sulfonamides is 1. The molecule has 3 aromatic heterocycles. The number of hydrogen-bond donors (Lipinski definition) is 0. The molecule has 30 heavy (non-hydrogen) atoms. The highest BCUT2D eigenvalue weighted by Gasteiger charge is 2.34. The fourth-order valence-corrected chi connectivity index (χ4v) is 5.36. The second kappa shape index (κ2) is 7.77. The Labute approximate surface area is 175 Å². The molecule has 4 heterocycles. The first-order valence-corrected chi connectivity index (χ1v) is 11.2. The first-order valence-electron chi connectivity index (χ1n) is 9.73. The molecular weight excluding hydrogens is 404 g/mol. The van der Waals surface area contributed by atoms with Crippen molar-refractivity contribution in [2.75, 3.05) is 31.1 Å². The van der Waals surface area contributed by atoms with Crippen LogP contribution in [0.4, 0.5) is 5.82 Å². The molecule has 9 nitrogen and oxygen atoms in total. The molecule has 4 rings (SSSR count). The van der Waals surface area contributed by atoms with E-state index in [2.05, 4.69) is 20.0 Å². The summed E-state index contributed by atoms with van der Waals surface area (Å²) in [5.41, 5.74) is 2.96. The summed E-state index contributed by atoms with van der Waals surface area (Å²) >= 11 is 0. The van der Waals surface area contributed by atoms with E-state index < -0.39 is 10.0 Å². The van der Waals surface area contributed by atoms with E-state index in [9.17, 15) is 8.42 Å². The lowest BCUT2D eigenvalue weighted by atomic mass is 10.2. The molecule has 158 valence electrons. The average Bonchev–Trinajstić information content (AvgIpc) is 3.09. The highest BCUT2D eigenvalue weighted by molar-refractivity contribution is 7.89. The number of pyridine rings is 1. The molecule has 0 bridgehead atoms. The topological polar surface area (TPSA) is 105 Å². The maximum absolute atomic E-state index is 13.1. The number of piperazine rings is 1. The molecule has 0 aromatic carbocycles. The van der Waals surface area contributed by atoms with Gasteiger partial charge in [-0.3, -0.25) is 4.98 Å². The summed E-state index contributed by atoms with van der Waals surface area (Å²) in [6, 6.07) is 5.63. The van der Waals surface area contributed by atoms with Gasteiger partial charge in [-0.05, 0) is 39.8 Å². The molecular formula is C20H24N6O3S. The van der Waals surface area contributed by atoms with Crippen LogP contribution in [0.25, 0.3) is 11.5 Å². The third kappa shape index (κ3) is 3.56. The van der Waals surface area contributed by atoms with Crippen LogP contribution in [0.3, 0.4) is 0 Å². The van der Waals surface area contributed by atoms with Gasteiger partial charge in [-0.1, -0.05) is 11.2 Å². The minimum atomic E-state index is -3.65. The molecule has 0 aliphatic carbocycles. The summed E-state index contributed by atoms with van der Waals surface area (Å²) in [7, 11) is -3.65. The molecule has 0 atom stereocenters. The van der Waals surface area contributed by atoms with Gasteiger partial charge in [-0.25, -0.2) is 18.4 Å². The molecule has 0 N–H and O–H groups in total. The number of aryl methyl sites for hydroxylation is 3. The molecule has 0 unspecified atom stereocenters. The predicted octanol–water partition coefficient (Wildman–Crippen LogP) is 2.27. The van der Waals surface area contributed by atoms with Crippen LogP contribution >= 0.6 is 0 Å². The first kappa shape index (κ1) is 20.4. The van der Waals surface area contributed by atoms with E-state index in [1.54, 1.807) is 20.0 Å². The van der Waals surface area contributed by atoms with Crippen molar-refractivity contribution in [1.29, 1.82) is 0 Å². The minimum Gasteiger partial charge on any atom is -0.360 e. The van der Waals surface area contributed by atoms with Gasteiger partial charge in [0.05, 0.1) is 0 Å². The maximum Gasteiger partial charge on any atom is 0.248 e. The number of nitrogens with zero attached hydrogens (tertiary/aromatic N) is 6. The van der Waals surface area contributed by atoms with E-state index >= 15 is 0 Å². The van der Waals surface area contributed by atoms with E-state index in [1.165, 1.54) is 4.31 Å². The normalized spacial score (nSPS) is 15.5. The Kier molecular flexibility index (Phi) is 5.29. The van der Waals surface area contributed by atoms with Crippen molar-refractivity contribution in [3.8, 4) is 11.5 Å². The molecule has 0 spiro atoms. The Morgan fingerprint density at radius 1 is 0.967 bits per heavy atom. The SMILES string of the molecule is Cc1nc(-c2ccccn2)nc(N2CCN(S(=O)(=O)c3c(C)noc3C)CC2)c1C. The minimum absolute atomic E-state index is 0.169. The van der Waals surface area contributed by atoms with Crippen LogP contribution in [-0.4, -0.2) is 59.0 Å². The Balaban J connectivity index is 1.58. The summed E-state index contributed by atoms with van der Waals surface area (Å²) in [6.07, 6.45) is 1.71. The van der Waals surface area contributed by atoms with Gasteiger partial charge in [0.25, 0.3) is 0 Å². The van der Waals surface area contributed by atoms with Crippen molar-refractivity contribution >= 4 is 15.8 Å². The second-order valence-electron chi connectivity index (χ2n) is 7.34. The van der Waals surface area contributed by atoms with Crippen molar-refractivity contribution in [3.05, 3.63) is 47.1 Å². The van der Waals surface area contributed by atoms with Gasteiger partial charge >= 0.3 is 0 Å². The average molecular weight is 429 g/mol. The molecule has 3 aromatic rings. The zero-order valence-corrected chi connectivity index (χ0v) is 18.3. The van der Waals surface area contributed by atoms with E-state index in [0.29, 0.717) is 49.2 Å². The van der Waals surface area contributed by atoms with Gasteiger partial charge in [-0.2, -0.15) is 4.31 Å². The predicted molar refractivity (Wildman–Crippen MR) is 112 cm³/mol.